The molecule has 2 rings (SSSR count). The lowest BCUT2D eigenvalue weighted by Gasteiger charge is -2.36. The van der Waals surface area contributed by atoms with Crippen molar-refractivity contribution in [3.63, 3.8) is 0 Å². The van der Waals surface area contributed by atoms with Gasteiger partial charge < -0.3 is 19.9 Å². The predicted molar refractivity (Wildman–Crippen MR) is 88.3 cm³/mol. The average molecular weight is 322 g/mol. The molecule has 23 heavy (non-hydrogen) atoms. The number of aromatic nitrogens is 2. The molecule has 7 nitrogen and oxygen atoms in total. The summed E-state index contributed by atoms with van der Waals surface area (Å²) in [5, 5.41) is 3.29. The third-order valence-electron chi connectivity index (χ3n) is 3.85. The standard InChI is InChI=1S/C16H26N4O3/c1-16(2,3)15(22)20-7-5-11(6-8-20)17-12-9-14(21)19-13(18-12)10-23-4/h9,11H,5-8,10H2,1-4H3,(H2,17,18,19,21). The maximum atomic E-state index is 12.3. The number of hydrogen-bond donors (Lipinski definition) is 2. The maximum absolute atomic E-state index is 12.3. The zero-order chi connectivity index (χ0) is 17.0. The van der Waals surface area contributed by atoms with Gasteiger partial charge in [-0.05, 0) is 12.8 Å². The Bertz CT molecular complexity index is 598. The summed E-state index contributed by atoms with van der Waals surface area (Å²) in [7, 11) is 1.56. The van der Waals surface area contributed by atoms with E-state index in [-0.39, 0.29) is 29.5 Å². The number of nitrogens with zero attached hydrogens (tertiary/aromatic N) is 2. The van der Waals surface area contributed by atoms with Gasteiger partial charge in [0.25, 0.3) is 5.56 Å². The Morgan fingerprint density at radius 2 is 2.09 bits per heavy atom. The minimum Gasteiger partial charge on any atom is -0.377 e. The SMILES string of the molecule is COCc1nc(NC2CCN(C(=O)C(C)(C)C)CC2)cc(=O)[nH]1. The zero-order valence-electron chi connectivity index (χ0n) is 14.3. The molecule has 1 aromatic heterocycles. The van der Waals surface area contributed by atoms with Crippen molar-refractivity contribution in [2.75, 3.05) is 25.5 Å². The fraction of sp³-hybridized carbons (Fsp3) is 0.688. The highest BCUT2D eigenvalue weighted by atomic mass is 16.5. The van der Waals surface area contributed by atoms with E-state index in [1.54, 1.807) is 7.11 Å². The van der Waals surface area contributed by atoms with Crippen LogP contribution in [0.15, 0.2) is 10.9 Å². The lowest BCUT2D eigenvalue weighted by molar-refractivity contribution is -0.140. The summed E-state index contributed by atoms with van der Waals surface area (Å²) < 4.78 is 5.00. The topological polar surface area (TPSA) is 87.3 Å². The van der Waals surface area contributed by atoms with Crippen LogP contribution in [0.5, 0.6) is 0 Å². The Morgan fingerprint density at radius 1 is 1.43 bits per heavy atom. The van der Waals surface area contributed by atoms with E-state index in [1.807, 2.05) is 25.7 Å². The van der Waals surface area contributed by atoms with Gasteiger partial charge in [0.1, 0.15) is 18.2 Å². The normalized spacial score (nSPS) is 16.4. The van der Waals surface area contributed by atoms with Crippen molar-refractivity contribution in [1.29, 1.82) is 0 Å². The molecule has 2 N–H and O–H groups in total. The Balaban J connectivity index is 1.94. The summed E-state index contributed by atoms with van der Waals surface area (Å²) >= 11 is 0. The van der Waals surface area contributed by atoms with Crippen molar-refractivity contribution < 1.29 is 9.53 Å². The lowest BCUT2D eigenvalue weighted by Crippen LogP contribution is -2.46. The first-order chi connectivity index (χ1) is 10.8. The van der Waals surface area contributed by atoms with Gasteiger partial charge in [-0.15, -0.1) is 0 Å². The van der Waals surface area contributed by atoms with Crippen molar-refractivity contribution >= 4 is 11.7 Å². The highest BCUT2D eigenvalue weighted by molar-refractivity contribution is 5.81. The summed E-state index contributed by atoms with van der Waals surface area (Å²) in [4.78, 5) is 32.8. The van der Waals surface area contributed by atoms with Gasteiger partial charge in [0.05, 0.1) is 0 Å². The third kappa shape index (κ3) is 4.79. The van der Waals surface area contributed by atoms with E-state index in [0.29, 0.717) is 11.6 Å². The summed E-state index contributed by atoms with van der Waals surface area (Å²) in [6.07, 6.45) is 1.69. The number of likely N-dealkylation sites (tertiary alicyclic amines) is 1. The molecule has 0 aromatic carbocycles. The number of carbonyl (C=O) groups excluding carboxylic acids is 1. The molecular weight excluding hydrogens is 296 g/mol. The average Bonchev–Trinajstić information content (AvgIpc) is 2.46. The van der Waals surface area contributed by atoms with Crippen molar-refractivity contribution in [2.45, 2.75) is 46.3 Å². The van der Waals surface area contributed by atoms with E-state index >= 15 is 0 Å². The van der Waals surface area contributed by atoms with Crippen LogP contribution in [0.25, 0.3) is 0 Å². The van der Waals surface area contributed by atoms with Crippen molar-refractivity contribution in [3.8, 4) is 0 Å². The van der Waals surface area contributed by atoms with Crippen molar-refractivity contribution in [2.24, 2.45) is 5.41 Å². The van der Waals surface area contributed by atoms with Crippen molar-refractivity contribution in [3.05, 3.63) is 22.2 Å². The number of ether oxygens (including phenoxy) is 1. The van der Waals surface area contributed by atoms with Crippen LogP contribution in [0.3, 0.4) is 0 Å². The molecule has 1 saturated heterocycles. The van der Waals surface area contributed by atoms with Gasteiger partial charge in [-0.1, -0.05) is 20.8 Å². The highest BCUT2D eigenvalue weighted by Gasteiger charge is 2.30. The van der Waals surface area contributed by atoms with Crippen LogP contribution >= 0.6 is 0 Å². The molecule has 1 aliphatic rings. The molecule has 1 aliphatic heterocycles. The number of methoxy groups -OCH3 is 1. The Labute approximate surface area is 136 Å². The number of carbonyl (C=O) groups is 1. The molecule has 0 unspecified atom stereocenters. The fourth-order valence-corrected chi connectivity index (χ4v) is 2.70. The largest absolute Gasteiger partial charge is 0.377 e. The van der Waals surface area contributed by atoms with E-state index in [9.17, 15) is 9.59 Å². The number of piperidine rings is 1. The number of rotatable bonds is 4. The molecule has 2 heterocycles. The molecule has 0 atom stereocenters. The van der Waals surface area contributed by atoms with Gasteiger partial charge in [-0.2, -0.15) is 0 Å². The Kier molecular flexibility index (Phi) is 5.41. The van der Waals surface area contributed by atoms with E-state index < -0.39 is 0 Å². The van der Waals surface area contributed by atoms with Gasteiger partial charge in [-0.25, -0.2) is 4.98 Å². The number of hydrogen-bond acceptors (Lipinski definition) is 5. The van der Waals surface area contributed by atoms with E-state index in [1.165, 1.54) is 6.07 Å². The van der Waals surface area contributed by atoms with Gasteiger partial charge in [0, 0.05) is 37.7 Å². The van der Waals surface area contributed by atoms with Crippen LogP contribution < -0.4 is 10.9 Å². The number of nitrogens with one attached hydrogen (secondary N) is 2. The molecule has 0 spiro atoms. The molecule has 0 bridgehead atoms. The predicted octanol–water partition coefficient (Wildman–Crippen LogP) is 1.37. The molecule has 1 aromatic rings. The van der Waals surface area contributed by atoms with E-state index in [2.05, 4.69) is 15.3 Å². The molecule has 128 valence electrons. The second-order valence-electron chi connectivity index (χ2n) is 6.97. The third-order valence-corrected chi connectivity index (χ3v) is 3.85. The first-order valence-corrected chi connectivity index (χ1v) is 7.94. The first kappa shape index (κ1) is 17.5. The molecular formula is C16H26N4O3. The van der Waals surface area contributed by atoms with Gasteiger partial charge in [0.2, 0.25) is 5.91 Å². The second-order valence-corrected chi connectivity index (χ2v) is 6.97. The smallest absolute Gasteiger partial charge is 0.253 e. The van der Waals surface area contributed by atoms with Crippen LogP contribution in [0.2, 0.25) is 0 Å². The van der Waals surface area contributed by atoms with Gasteiger partial charge in [-0.3, -0.25) is 9.59 Å². The molecule has 0 aliphatic carbocycles. The molecule has 0 radical (unpaired) electrons. The van der Waals surface area contributed by atoms with Crippen molar-refractivity contribution in [1.82, 2.24) is 14.9 Å². The summed E-state index contributed by atoms with van der Waals surface area (Å²) in [6.45, 7) is 7.54. The fourth-order valence-electron chi connectivity index (χ4n) is 2.70. The number of aromatic amines is 1. The van der Waals surface area contributed by atoms with Crippen LogP contribution in [-0.2, 0) is 16.1 Å². The van der Waals surface area contributed by atoms with Gasteiger partial charge in [0.15, 0.2) is 0 Å². The number of anilines is 1. The summed E-state index contributed by atoms with van der Waals surface area (Å²) in [5.74, 6) is 1.25. The minimum absolute atomic E-state index is 0.188. The molecule has 0 saturated carbocycles. The second kappa shape index (κ2) is 7.12. The zero-order valence-corrected chi connectivity index (χ0v) is 14.3. The summed E-state index contributed by atoms with van der Waals surface area (Å²) in [6, 6.07) is 1.66. The number of H-pyrrole nitrogens is 1. The monoisotopic (exact) mass is 322 g/mol. The maximum Gasteiger partial charge on any atom is 0.253 e. The van der Waals surface area contributed by atoms with Crippen LogP contribution in [0.1, 0.15) is 39.4 Å². The first-order valence-electron chi connectivity index (χ1n) is 7.94. The molecule has 1 amide bonds. The molecule has 7 heteroatoms. The highest BCUT2D eigenvalue weighted by Crippen LogP contribution is 2.22. The Morgan fingerprint density at radius 3 is 2.65 bits per heavy atom. The quantitative estimate of drug-likeness (QED) is 0.874. The lowest BCUT2D eigenvalue weighted by atomic mass is 9.93. The Hall–Kier alpha value is -1.89. The van der Waals surface area contributed by atoms with Crippen LogP contribution in [0.4, 0.5) is 5.82 Å². The number of amides is 1. The van der Waals surface area contributed by atoms with E-state index in [0.717, 1.165) is 25.9 Å². The van der Waals surface area contributed by atoms with E-state index in [4.69, 9.17) is 4.74 Å². The summed E-state index contributed by atoms with van der Waals surface area (Å²) in [5.41, 5.74) is -0.543. The van der Waals surface area contributed by atoms with Gasteiger partial charge >= 0.3 is 0 Å². The molecule has 1 fully saturated rings. The van der Waals surface area contributed by atoms with Crippen LogP contribution in [0, 0.1) is 5.41 Å². The minimum atomic E-state index is -0.344. The van der Waals surface area contributed by atoms with Crippen LogP contribution in [-0.4, -0.2) is 47.0 Å².